The first-order valence-corrected chi connectivity index (χ1v) is 4.93. The number of fused-ring (bicyclic) bond motifs is 1. The van der Waals surface area contributed by atoms with E-state index in [9.17, 15) is 4.79 Å². The average Bonchev–Trinajstić information content (AvgIpc) is 2.74. The second-order valence-corrected chi connectivity index (χ2v) is 3.28. The Morgan fingerprint density at radius 3 is 3.19 bits per heavy atom. The molecule has 2 rings (SSSR count). The van der Waals surface area contributed by atoms with Gasteiger partial charge in [-0.25, -0.2) is 4.98 Å². The van der Waals surface area contributed by atoms with E-state index in [1.54, 1.807) is 6.92 Å². The molecule has 1 amide bonds. The van der Waals surface area contributed by atoms with Gasteiger partial charge in [0.1, 0.15) is 5.65 Å². The number of hydrogen-bond donors (Lipinski definition) is 2. The minimum atomic E-state index is -0.282. The van der Waals surface area contributed by atoms with Crippen molar-refractivity contribution in [2.24, 2.45) is 0 Å². The lowest BCUT2D eigenvalue weighted by molar-refractivity contribution is -0.115. The highest BCUT2D eigenvalue weighted by molar-refractivity contribution is 5.93. The molecule has 0 spiro atoms. The molecule has 16 heavy (non-hydrogen) atoms. The van der Waals surface area contributed by atoms with Crippen LogP contribution in [-0.4, -0.2) is 15.9 Å². The molecule has 0 saturated carbocycles. The minimum Gasteiger partial charge on any atom is -0.346 e. The van der Waals surface area contributed by atoms with Crippen molar-refractivity contribution in [3.8, 4) is 11.8 Å². The number of pyridine rings is 1. The number of aromatic amines is 1. The van der Waals surface area contributed by atoms with Crippen molar-refractivity contribution in [2.75, 3.05) is 0 Å². The number of carbonyl (C=O) groups is 1. The van der Waals surface area contributed by atoms with E-state index in [1.165, 1.54) is 0 Å². The van der Waals surface area contributed by atoms with Gasteiger partial charge in [-0.15, -0.1) is 0 Å². The Morgan fingerprint density at radius 2 is 2.38 bits per heavy atom. The molecule has 2 aromatic heterocycles. The Balaban J connectivity index is 2.08. The lowest BCUT2D eigenvalue weighted by Gasteiger charge is -2.00. The Labute approximate surface area is 93.1 Å². The molecule has 80 valence electrons. The fourth-order valence-corrected chi connectivity index (χ4v) is 1.40. The number of aromatic nitrogens is 2. The van der Waals surface area contributed by atoms with Gasteiger partial charge in [0.25, 0.3) is 5.91 Å². The zero-order valence-electron chi connectivity index (χ0n) is 8.87. The Morgan fingerprint density at radius 1 is 1.50 bits per heavy atom. The second-order valence-electron chi connectivity index (χ2n) is 3.28. The van der Waals surface area contributed by atoms with Crippen LogP contribution in [0.15, 0.2) is 24.4 Å². The molecule has 0 bridgehead atoms. The average molecular weight is 213 g/mol. The maximum atomic E-state index is 11.1. The van der Waals surface area contributed by atoms with Crippen LogP contribution in [0.2, 0.25) is 0 Å². The lowest BCUT2D eigenvalue weighted by Crippen LogP contribution is -2.21. The van der Waals surface area contributed by atoms with Crippen LogP contribution in [0, 0.1) is 11.8 Å². The number of nitrogens with one attached hydrogen (secondary N) is 2. The second kappa shape index (κ2) is 4.49. The summed E-state index contributed by atoms with van der Waals surface area (Å²) in [5, 5.41) is 3.73. The summed E-state index contributed by atoms with van der Waals surface area (Å²) in [4.78, 5) is 18.5. The predicted molar refractivity (Wildman–Crippen MR) is 61.4 cm³/mol. The molecule has 0 unspecified atom stereocenters. The Bertz CT molecular complexity index is 574. The van der Waals surface area contributed by atoms with Gasteiger partial charge < -0.3 is 10.3 Å². The topological polar surface area (TPSA) is 57.8 Å². The third kappa shape index (κ3) is 2.20. The zero-order chi connectivity index (χ0) is 11.4. The summed E-state index contributed by atoms with van der Waals surface area (Å²) in [5.74, 6) is 4.67. The molecule has 4 heteroatoms. The van der Waals surface area contributed by atoms with Crippen LogP contribution in [0.25, 0.3) is 11.0 Å². The van der Waals surface area contributed by atoms with Crippen LogP contribution in [0.4, 0.5) is 0 Å². The minimum absolute atomic E-state index is 0.282. The molecule has 0 aliphatic rings. The molecule has 0 aliphatic carbocycles. The van der Waals surface area contributed by atoms with Crippen molar-refractivity contribution in [1.82, 2.24) is 15.3 Å². The smallest absolute Gasteiger partial charge is 0.296 e. The Hall–Kier alpha value is -2.28. The summed E-state index contributed by atoms with van der Waals surface area (Å²) < 4.78 is 0. The summed E-state index contributed by atoms with van der Waals surface area (Å²) in [6, 6.07) is 5.80. The first-order valence-electron chi connectivity index (χ1n) is 4.93. The molecular weight excluding hydrogens is 202 g/mol. The van der Waals surface area contributed by atoms with Gasteiger partial charge in [-0.1, -0.05) is 5.92 Å². The van der Waals surface area contributed by atoms with Crippen molar-refractivity contribution in [1.29, 1.82) is 0 Å². The molecule has 2 heterocycles. The quantitative estimate of drug-likeness (QED) is 0.736. The monoisotopic (exact) mass is 213 g/mol. The molecule has 0 fully saturated rings. The predicted octanol–water partition coefficient (Wildman–Crippen LogP) is 1.20. The first kappa shape index (κ1) is 10.2. The molecule has 0 aliphatic heterocycles. The maximum absolute atomic E-state index is 11.1. The SMILES string of the molecule is CC#CC(=O)NCc1ccc2cc[nH]c2n1. The van der Waals surface area contributed by atoms with Gasteiger partial charge in [0.2, 0.25) is 0 Å². The van der Waals surface area contributed by atoms with Crippen LogP contribution in [-0.2, 0) is 11.3 Å². The van der Waals surface area contributed by atoms with E-state index in [0.29, 0.717) is 6.54 Å². The van der Waals surface area contributed by atoms with Crippen molar-refractivity contribution < 1.29 is 4.79 Å². The molecule has 2 aromatic rings. The highest BCUT2D eigenvalue weighted by Crippen LogP contribution is 2.09. The summed E-state index contributed by atoms with van der Waals surface area (Å²) in [6.45, 7) is 2.02. The summed E-state index contributed by atoms with van der Waals surface area (Å²) >= 11 is 0. The van der Waals surface area contributed by atoms with E-state index in [-0.39, 0.29) is 5.91 Å². The van der Waals surface area contributed by atoms with E-state index in [2.05, 4.69) is 27.1 Å². The third-order valence-electron chi connectivity index (χ3n) is 2.14. The van der Waals surface area contributed by atoms with Gasteiger partial charge in [0.15, 0.2) is 0 Å². The van der Waals surface area contributed by atoms with Gasteiger partial charge in [0.05, 0.1) is 12.2 Å². The molecule has 4 nitrogen and oxygen atoms in total. The zero-order valence-corrected chi connectivity index (χ0v) is 8.87. The molecular formula is C12H11N3O. The largest absolute Gasteiger partial charge is 0.346 e. The van der Waals surface area contributed by atoms with Crippen molar-refractivity contribution in [3.05, 3.63) is 30.1 Å². The van der Waals surface area contributed by atoms with Gasteiger partial charge in [-0.3, -0.25) is 4.79 Å². The van der Waals surface area contributed by atoms with Crippen LogP contribution < -0.4 is 5.32 Å². The van der Waals surface area contributed by atoms with Crippen molar-refractivity contribution in [2.45, 2.75) is 13.5 Å². The first-order chi connectivity index (χ1) is 7.79. The molecule has 0 aromatic carbocycles. The Kier molecular flexibility index (Phi) is 2.88. The fourth-order valence-electron chi connectivity index (χ4n) is 1.40. The van der Waals surface area contributed by atoms with Crippen molar-refractivity contribution >= 4 is 16.9 Å². The third-order valence-corrected chi connectivity index (χ3v) is 2.14. The van der Waals surface area contributed by atoms with E-state index in [0.717, 1.165) is 16.7 Å². The summed E-state index contributed by atoms with van der Waals surface area (Å²) in [5.41, 5.74) is 1.63. The van der Waals surface area contributed by atoms with Gasteiger partial charge in [0, 0.05) is 11.6 Å². The number of hydrogen-bond acceptors (Lipinski definition) is 2. The number of rotatable bonds is 2. The summed E-state index contributed by atoms with van der Waals surface area (Å²) in [6.07, 6.45) is 1.84. The number of H-pyrrole nitrogens is 1. The number of carbonyl (C=O) groups excluding carboxylic acids is 1. The molecule has 0 saturated heterocycles. The maximum Gasteiger partial charge on any atom is 0.296 e. The van der Waals surface area contributed by atoms with Gasteiger partial charge in [-0.05, 0) is 31.0 Å². The van der Waals surface area contributed by atoms with Crippen molar-refractivity contribution in [3.63, 3.8) is 0 Å². The van der Waals surface area contributed by atoms with Crippen LogP contribution in [0.3, 0.4) is 0 Å². The highest BCUT2D eigenvalue weighted by Gasteiger charge is 2.00. The number of nitrogens with zero attached hydrogens (tertiary/aromatic N) is 1. The van der Waals surface area contributed by atoms with Gasteiger partial charge >= 0.3 is 0 Å². The lowest BCUT2D eigenvalue weighted by atomic mass is 10.3. The van der Waals surface area contributed by atoms with Crippen LogP contribution in [0.1, 0.15) is 12.6 Å². The number of amides is 1. The normalized spacial score (nSPS) is 9.56. The van der Waals surface area contributed by atoms with E-state index >= 15 is 0 Å². The standard InChI is InChI=1S/C12H11N3O/c1-2-3-11(16)14-8-10-5-4-9-6-7-13-12(9)15-10/h4-7H,8H2,1H3,(H,13,15)(H,14,16). The molecule has 2 N–H and O–H groups in total. The van der Waals surface area contributed by atoms with Gasteiger partial charge in [-0.2, -0.15) is 0 Å². The highest BCUT2D eigenvalue weighted by atomic mass is 16.1. The summed E-state index contributed by atoms with van der Waals surface area (Å²) in [7, 11) is 0. The fraction of sp³-hybridized carbons (Fsp3) is 0.167. The van der Waals surface area contributed by atoms with E-state index in [1.807, 2.05) is 24.4 Å². The van der Waals surface area contributed by atoms with Crippen LogP contribution >= 0.6 is 0 Å². The van der Waals surface area contributed by atoms with Crippen LogP contribution in [0.5, 0.6) is 0 Å². The van der Waals surface area contributed by atoms with E-state index < -0.39 is 0 Å². The molecule has 0 atom stereocenters. The molecule has 0 radical (unpaired) electrons. The van der Waals surface area contributed by atoms with E-state index in [4.69, 9.17) is 0 Å².